The molecule has 0 atom stereocenters. The number of nitrogens with two attached hydrogens (primary N) is 1. The number of halogens is 1. The molecule has 1 heterocycles. The standard InChI is InChI=1S/C10H6IN3OS/c11-7-3-6(5-12)4-8(13)9(7)15-10-14-1-2-16-10/h1-4H,13H2. The van der Waals surface area contributed by atoms with Gasteiger partial charge in [-0.2, -0.15) is 5.26 Å². The first-order chi connectivity index (χ1) is 7.70. The van der Waals surface area contributed by atoms with Gasteiger partial charge >= 0.3 is 0 Å². The van der Waals surface area contributed by atoms with Crippen molar-refractivity contribution < 1.29 is 4.74 Å². The molecule has 0 saturated heterocycles. The molecule has 6 heteroatoms. The van der Waals surface area contributed by atoms with Crippen molar-refractivity contribution in [2.24, 2.45) is 0 Å². The summed E-state index contributed by atoms with van der Waals surface area (Å²) in [6.07, 6.45) is 1.66. The zero-order chi connectivity index (χ0) is 11.5. The number of rotatable bonds is 2. The van der Waals surface area contributed by atoms with Crippen LogP contribution in [0.25, 0.3) is 0 Å². The van der Waals surface area contributed by atoms with E-state index in [4.69, 9.17) is 15.7 Å². The van der Waals surface area contributed by atoms with Gasteiger partial charge in [0, 0.05) is 11.6 Å². The van der Waals surface area contributed by atoms with Crippen molar-refractivity contribution in [1.29, 1.82) is 5.26 Å². The summed E-state index contributed by atoms with van der Waals surface area (Å²) in [5.74, 6) is 0.551. The number of ether oxygens (including phenoxy) is 1. The van der Waals surface area contributed by atoms with E-state index >= 15 is 0 Å². The van der Waals surface area contributed by atoms with Gasteiger partial charge in [0.2, 0.25) is 0 Å². The van der Waals surface area contributed by atoms with Crippen molar-refractivity contribution in [2.45, 2.75) is 0 Å². The Labute approximate surface area is 110 Å². The SMILES string of the molecule is N#Cc1cc(N)c(Oc2nccs2)c(I)c1. The molecule has 0 fully saturated rings. The lowest BCUT2D eigenvalue weighted by molar-refractivity contribution is 0.478. The average molecular weight is 343 g/mol. The number of hydrogen-bond acceptors (Lipinski definition) is 5. The molecule has 0 aliphatic heterocycles. The molecule has 80 valence electrons. The predicted molar refractivity (Wildman–Crippen MR) is 70.5 cm³/mol. The summed E-state index contributed by atoms with van der Waals surface area (Å²) in [4.78, 5) is 4.01. The fourth-order valence-corrected chi connectivity index (χ4v) is 2.38. The van der Waals surface area contributed by atoms with Crippen LogP contribution in [0, 0.1) is 14.9 Å². The van der Waals surface area contributed by atoms with E-state index in [2.05, 4.69) is 27.6 Å². The van der Waals surface area contributed by atoms with Gasteiger partial charge < -0.3 is 10.5 Å². The highest BCUT2D eigenvalue weighted by atomic mass is 127. The van der Waals surface area contributed by atoms with Crippen molar-refractivity contribution in [2.75, 3.05) is 5.73 Å². The van der Waals surface area contributed by atoms with Crippen LogP contribution in [-0.4, -0.2) is 4.98 Å². The molecule has 4 nitrogen and oxygen atoms in total. The number of anilines is 1. The summed E-state index contributed by atoms with van der Waals surface area (Å²) in [7, 11) is 0. The van der Waals surface area contributed by atoms with E-state index < -0.39 is 0 Å². The Hall–Kier alpha value is -1.33. The van der Waals surface area contributed by atoms with Crippen LogP contribution in [0.1, 0.15) is 5.56 Å². The molecule has 0 unspecified atom stereocenters. The van der Waals surface area contributed by atoms with Crippen LogP contribution in [0.4, 0.5) is 5.69 Å². The molecule has 0 aliphatic rings. The number of benzene rings is 1. The minimum atomic E-state index is 0.443. The topological polar surface area (TPSA) is 71.9 Å². The third-order valence-electron chi connectivity index (χ3n) is 1.80. The minimum absolute atomic E-state index is 0.443. The zero-order valence-corrected chi connectivity index (χ0v) is 10.9. The summed E-state index contributed by atoms with van der Waals surface area (Å²) < 4.78 is 6.34. The van der Waals surface area contributed by atoms with E-state index in [1.54, 1.807) is 18.3 Å². The molecule has 0 spiro atoms. The number of nitrogen functional groups attached to an aromatic ring is 1. The Balaban J connectivity index is 2.39. The van der Waals surface area contributed by atoms with Crippen molar-refractivity contribution >= 4 is 39.6 Å². The Bertz CT molecular complexity index is 525. The Morgan fingerprint density at radius 1 is 1.50 bits per heavy atom. The minimum Gasteiger partial charge on any atom is -0.428 e. The van der Waals surface area contributed by atoms with Gasteiger partial charge in [-0.3, -0.25) is 0 Å². The third kappa shape index (κ3) is 2.25. The molecule has 0 amide bonds. The van der Waals surface area contributed by atoms with Crippen LogP contribution >= 0.6 is 33.9 Å². The second-order valence-corrected chi connectivity index (χ2v) is 4.91. The van der Waals surface area contributed by atoms with Crippen LogP contribution in [0.15, 0.2) is 23.7 Å². The molecule has 2 rings (SSSR count). The van der Waals surface area contributed by atoms with Gasteiger partial charge in [-0.15, -0.1) is 0 Å². The summed E-state index contributed by atoms with van der Waals surface area (Å²) in [5.41, 5.74) is 6.78. The molecule has 0 bridgehead atoms. The van der Waals surface area contributed by atoms with E-state index in [1.807, 2.05) is 11.4 Å². The molecule has 2 N–H and O–H groups in total. The van der Waals surface area contributed by atoms with E-state index in [-0.39, 0.29) is 0 Å². The molecular weight excluding hydrogens is 337 g/mol. The number of nitriles is 1. The van der Waals surface area contributed by atoms with Crippen LogP contribution in [0.3, 0.4) is 0 Å². The second kappa shape index (κ2) is 4.67. The quantitative estimate of drug-likeness (QED) is 0.672. The van der Waals surface area contributed by atoms with Gasteiger partial charge in [-0.1, -0.05) is 11.3 Å². The highest BCUT2D eigenvalue weighted by molar-refractivity contribution is 14.1. The lowest BCUT2D eigenvalue weighted by atomic mass is 10.2. The molecule has 1 aromatic heterocycles. The maximum Gasteiger partial charge on any atom is 0.278 e. The summed E-state index contributed by atoms with van der Waals surface area (Å²) in [5, 5.41) is 11.1. The first kappa shape index (κ1) is 11.2. The fourth-order valence-electron chi connectivity index (χ4n) is 1.14. The summed E-state index contributed by atoms with van der Waals surface area (Å²) >= 11 is 3.47. The van der Waals surface area contributed by atoms with Gasteiger partial charge in [-0.05, 0) is 34.7 Å². The molecule has 0 aliphatic carbocycles. The maximum absolute atomic E-state index is 8.77. The van der Waals surface area contributed by atoms with Gasteiger partial charge in [0.25, 0.3) is 5.19 Å². The van der Waals surface area contributed by atoms with Crippen LogP contribution < -0.4 is 10.5 Å². The number of aromatic nitrogens is 1. The summed E-state index contributed by atoms with van der Waals surface area (Å²) in [6, 6.07) is 5.35. The first-order valence-corrected chi connectivity index (χ1v) is 6.23. The average Bonchev–Trinajstić information content (AvgIpc) is 2.75. The lowest BCUT2D eigenvalue weighted by Gasteiger charge is -2.08. The highest BCUT2D eigenvalue weighted by Gasteiger charge is 2.10. The predicted octanol–water partition coefficient (Wildman–Crippen LogP) is 2.99. The molecule has 0 radical (unpaired) electrons. The van der Waals surface area contributed by atoms with Crippen LogP contribution in [0.2, 0.25) is 0 Å². The fraction of sp³-hybridized carbons (Fsp3) is 0. The van der Waals surface area contributed by atoms with E-state index in [0.717, 1.165) is 3.57 Å². The Morgan fingerprint density at radius 2 is 2.31 bits per heavy atom. The van der Waals surface area contributed by atoms with E-state index in [1.165, 1.54) is 11.3 Å². The highest BCUT2D eigenvalue weighted by Crippen LogP contribution is 2.34. The van der Waals surface area contributed by atoms with Crippen LogP contribution in [-0.2, 0) is 0 Å². The van der Waals surface area contributed by atoms with Gasteiger partial charge in [0.1, 0.15) is 0 Å². The third-order valence-corrected chi connectivity index (χ3v) is 3.25. The molecule has 1 aromatic carbocycles. The van der Waals surface area contributed by atoms with Gasteiger partial charge in [0.15, 0.2) is 5.75 Å². The lowest BCUT2D eigenvalue weighted by Crippen LogP contribution is -1.95. The number of hydrogen-bond donors (Lipinski definition) is 1. The summed E-state index contributed by atoms with van der Waals surface area (Å²) in [6.45, 7) is 0. The first-order valence-electron chi connectivity index (χ1n) is 4.27. The Kier molecular flexibility index (Phi) is 3.26. The van der Waals surface area contributed by atoms with Crippen molar-refractivity contribution in [3.05, 3.63) is 32.8 Å². The molecule has 0 saturated carbocycles. The zero-order valence-electron chi connectivity index (χ0n) is 7.98. The van der Waals surface area contributed by atoms with Crippen molar-refractivity contribution in [3.63, 3.8) is 0 Å². The van der Waals surface area contributed by atoms with E-state index in [9.17, 15) is 0 Å². The van der Waals surface area contributed by atoms with Crippen molar-refractivity contribution in [3.8, 4) is 17.0 Å². The molecular formula is C10H6IN3OS. The van der Waals surface area contributed by atoms with Crippen LogP contribution in [0.5, 0.6) is 10.9 Å². The Morgan fingerprint density at radius 3 is 2.88 bits per heavy atom. The van der Waals surface area contributed by atoms with Gasteiger partial charge in [-0.25, -0.2) is 4.98 Å². The normalized spacial score (nSPS) is 9.75. The maximum atomic E-state index is 8.77. The monoisotopic (exact) mass is 343 g/mol. The van der Waals surface area contributed by atoms with E-state index in [0.29, 0.717) is 22.2 Å². The van der Waals surface area contributed by atoms with Crippen molar-refractivity contribution in [1.82, 2.24) is 4.98 Å². The number of thiazole rings is 1. The smallest absolute Gasteiger partial charge is 0.278 e. The number of nitrogens with zero attached hydrogens (tertiary/aromatic N) is 2. The largest absolute Gasteiger partial charge is 0.428 e. The molecule has 16 heavy (non-hydrogen) atoms. The van der Waals surface area contributed by atoms with Gasteiger partial charge in [0.05, 0.1) is 20.9 Å². The second-order valence-electron chi connectivity index (χ2n) is 2.89. The molecule has 2 aromatic rings.